The molecule has 0 fully saturated rings. The molecule has 0 saturated carbocycles. The molecule has 0 heterocycles. The summed E-state index contributed by atoms with van der Waals surface area (Å²) in [5.41, 5.74) is 2.26. The Labute approximate surface area is 135 Å². The fourth-order valence-corrected chi connectivity index (χ4v) is 2.95. The molecule has 0 aromatic heterocycles. The number of hydrogen-bond acceptors (Lipinski definition) is 3. The second kappa shape index (κ2) is 7.87. The van der Waals surface area contributed by atoms with Gasteiger partial charge in [-0.15, -0.1) is 0 Å². The number of hydrogen-bond donors (Lipinski definition) is 0. The summed E-state index contributed by atoms with van der Waals surface area (Å²) in [5, 5.41) is 1.55. The lowest BCUT2D eigenvalue weighted by molar-refractivity contribution is 0.415. The maximum atomic E-state index is 11.8. The van der Waals surface area contributed by atoms with Gasteiger partial charge in [0.15, 0.2) is 0 Å². The molecule has 0 N–H and O–H groups in total. The van der Waals surface area contributed by atoms with Gasteiger partial charge in [-0.1, -0.05) is 56.1 Å². The van der Waals surface area contributed by atoms with Gasteiger partial charge >= 0.3 is 8.25 Å². The Morgan fingerprint density at radius 2 is 1.10 bits per heavy atom. The molecule has 106 valence electrons. The Balaban J connectivity index is 1.93. The summed E-state index contributed by atoms with van der Waals surface area (Å²) < 4.78 is 22.4. The van der Waals surface area contributed by atoms with Crippen molar-refractivity contribution in [2.24, 2.45) is 0 Å². The van der Waals surface area contributed by atoms with E-state index >= 15 is 0 Å². The van der Waals surface area contributed by atoms with Crippen LogP contribution in [0.15, 0.2) is 48.5 Å². The normalized spacial score (nSPS) is 10.6. The molecule has 0 atom stereocenters. The first-order valence-electron chi connectivity index (χ1n) is 5.90. The second-order valence-electron chi connectivity index (χ2n) is 4.01. The quantitative estimate of drug-likeness (QED) is 0.469. The third-order valence-electron chi connectivity index (χ3n) is 2.56. The van der Waals surface area contributed by atoms with Crippen LogP contribution < -0.4 is 9.05 Å². The SMILES string of the molecule is O=[PH](Oc1ccc(CBr)cc1)Oc1ccc(CBr)cc1. The lowest BCUT2D eigenvalue weighted by atomic mass is 10.2. The zero-order chi connectivity index (χ0) is 14.4. The zero-order valence-corrected chi connectivity index (χ0v) is 14.7. The van der Waals surface area contributed by atoms with Crippen LogP contribution in [0.3, 0.4) is 0 Å². The van der Waals surface area contributed by atoms with E-state index in [4.69, 9.17) is 9.05 Å². The standard InChI is InChI=1S/C14H13Br2O3P/c15-9-11-1-5-13(6-2-11)18-20(17)19-14-7-3-12(10-16)4-8-14/h1-8,20H,9-10H2. The van der Waals surface area contributed by atoms with Crippen LogP contribution in [0.2, 0.25) is 0 Å². The molecular formula is C14H13Br2O3P. The highest BCUT2D eigenvalue weighted by Gasteiger charge is 2.04. The number of halogens is 2. The largest absolute Gasteiger partial charge is 0.418 e. The minimum Gasteiger partial charge on any atom is -0.418 e. The molecule has 2 rings (SSSR count). The summed E-state index contributed by atoms with van der Waals surface area (Å²) in [6.07, 6.45) is 0. The molecule has 0 radical (unpaired) electrons. The third-order valence-corrected chi connectivity index (χ3v) is 4.66. The Kier molecular flexibility index (Phi) is 6.14. The van der Waals surface area contributed by atoms with Crippen LogP contribution in [0.25, 0.3) is 0 Å². The summed E-state index contributed by atoms with van der Waals surface area (Å²) in [5.74, 6) is 1.08. The maximum absolute atomic E-state index is 11.8. The van der Waals surface area contributed by atoms with Crippen molar-refractivity contribution in [3.8, 4) is 11.5 Å². The predicted molar refractivity (Wildman–Crippen MR) is 88.4 cm³/mol. The first-order valence-corrected chi connectivity index (χ1v) is 9.37. The Hall–Kier alpha value is -0.770. The van der Waals surface area contributed by atoms with Crippen LogP contribution in [0.1, 0.15) is 11.1 Å². The minimum absolute atomic E-state index is 0.538. The van der Waals surface area contributed by atoms with Crippen molar-refractivity contribution >= 4 is 40.1 Å². The van der Waals surface area contributed by atoms with Gasteiger partial charge in [-0.2, -0.15) is 0 Å². The smallest absolute Gasteiger partial charge is 0.418 e. The summed E-state index contributed by atoms with van der Waals surface area (Å²) in [4.78, 5) is 0. The molecule has 0 amide bonds. The maximum Gasteiger partial charge on any atom is 0.418 e. The first kappa shape index (κ1) is 15.6. The van der Waals surface area contributed by atoms with E-state index in [1.54, 1.807) is 24.3 Å². The van der Waals surface area contributed by atoms with Gasteiger partial charge in [0, 0.05) is 10.7 Å². The summed E-state index contributed by atoms with van der Waals surface area (Å²) >= 11 is 6.73. The highest BCUT2D eigenvalue weighted by Crippen LogP contribution is 2.30. The van der Waals surface area contributed by atoms with Crippen molar-refractivity contribution < 1.29 is 13.6 Å². The van der Waals surface area contributed by atoms with Crippen molar-refractivity contribution in [1.29, 1.82) is 0 Å². The van der Waals surface area contributed by atoms with Crippen molar-refractivity contribution in [2.75, 3.05) is 0 Å². The van der Waals surface area contributed by atoms with Gasteiger partial charge in [0.1, 0.15) is 11.5 Å². The molecule has 0 aliphatic carbocycles. The lowest BCUT2D eigenvalue weighted by Gasteiger charge is -2.08. The fourth-order valence-electron chi connectivity index (χ4n) is 1.51. The third kappa shape index (κ3) is 4.65. The molecule has 0 aliphatic heterocycles. The van der Waals surface area contributed by atoms with E-state index in [0.717, 1.165) is 21.8 Å². The van der Waals surface area contributed by atoms with Crippen molar-refractivity contribution in [2.45, 2.75) is 10.7 Å². The molecule has 3 nitrogen and oxygen atoms in total. The predicted octanol–water partition coefficient (Wildman–Crippen LogP) is 5.32. The molecule has 2 aromatic rings. The van der Waals surface area contributed by atoms with E-state index in [-0.39, 0.29) is 0 Å². The van der Waals surface area contributed by atoms with Gasteiger partial charge in [0.2, 0.25) is 0 Å². The lowest BCUT2D eigenvalue weighted by Crippen LogP contribution is -1.89. The van der Waals surface area contributed by atoms with Gasteiger partial charge in [-0.05, 0) is 35.4 Å². The minimum atomic E-state index is -2.61. The van der Waals surface area contributed by atoms with Crippen LogP contribution in [0.4, 0.5) is 0 Å². The molecule has 0 unspecified atom stereocenters. The van der Waals surface area contributed by atoms with Crippen molar-refractivity contribution in [1.82, 2.24) is 0 Å². The molecule has 20 heavy (non-hydrogen) atoms. The van der Waals surface area contributed by atoms with Gasteiger partial charge in [-0.25, -0.2) is 4.57 Å². The van der Waals surface area contributed by atoms with Gasteiger partial charge < -0.3 is 9.05 Å². The van der Waals surface area contributed by atoms with Crippen LogP contribution in [-0.4, -0.2) is 0 Å². The Morgan fingerprint density at radius 1 is 0.750 bits per heavy atom. The monoisotopic (exact) mass is 418 g/mol. The van der Waals surface area contributed by atoms with E-state index in [2.05, 4.69) is 31.9 Å². The number of benzene rings is 2. The Morgan fingerprint density at radius 3 is 1.40 bits per heavy atom. The van der Waals surface area contributed by atoms with Crippen LogP contribution in [0.5, 0.6) is 11.5 Å². The van der Waals surface area contributed by atoms with Crippen LogP contribution in [-0.2, 0) is 15.2 Å². The van der Waals surface area contributed by atoms with Gasteiger partial charge in [-0.3, -0.25) is 0 Å². The highest BCUT2D eigenvalue weighted by atomic mass is 79.9. The van der Waals surface area contributed by atoms with Crippen molar-refractivity contribution in [3.63, 3.8) is 0 Å². The highest BCUT2D eigenvalue weighted by molar-refractivity contribution is 9.08. The van der Waals surface area contributed by atoms with E-state index in [1.165, 1.54) is 0 Å². The molecule has 0 saturated heterocycles. The Bertz CT molecular complexity index is 518. The average molecular weight is 420 g/mol. The topological polar surface area (TPSA) is 35.5 Å². The van der Waals surface area contributed by atoms with E-state index in [1.807, 2.05) is 24.3 Å². The van der Waals surface area contributed by atoms with E-state index in [0.29, 0.717) is 11.5 Å². The molecular weight excluding hydrogens is 407 g/mol. The summed E-state index contributed by atoms with van der Waals surface area (Å²) in [7, 11) is -2.61. The second-order valence-corrected chi connectivity index (χ2v) is 6.04. The number of alkyl halides is 2. The molecule has 0 bridgehead atoms. The average Bonchev–Trinajstić information content (AvgIpc) is 2.49. The van der Waals surface area contributed by atoms with E-state index < -0.39 is 8.25 Å². The van der Waals surface area contributed by atoms with Gasteiger partial charge in [0.25, 0.3) is 0 Å². The molecule has 0 aliphatic rings. The van der Waals surface area contributed by atoms with Gasteiger partial charge in [0.05, 0.1) is 0 Å². The molecule has 6 heteroatoms. The molecule has 0 spiro atoms. The van der Waals surface area contributed by atoms with E-state index in [9.17, 15) is 4.57 Å². The van der Waals surface area contributed by atoms with Crippen molar-refractivity contribution in [3.05, 3.63) is 59.7 Å². The first-order chi connectivity index (χ1) is 9.71. The summed E-state index contributed by atoms with van der Waals surface area (Å²) in [6, 6.07) is 14.7. The van der Waals surface area contributed by atoms with Crippen LogP contribution in [0, 0.1) is 0 Å². The van der Waals surface area contributed by atoms with Crippen LogP contribution >= 0.6 is 40.1 Å². The number of rotatable bonds is 6. The zero-order valence-electron chi connectivity index (χ0n) is 10.5. The fraction of sp³-hybridized carbons (Fsp3) is 0.143. The molecule has 2 aromatic carbocycles. The summed E-state index contributed by atoms with van der Waals surface area (Å²) in [6.45, 7) is 0.